The van der Waals surface area contributed by atoms with Crippen LogP contribution in [0.5, 0.6) is 0 Å². The maximum atomic E-state index is 3.83. The van der Waals surface area contributed by atoms with Gasteiger partial charge in [0.1, 0.15) is 0 Å². The van der Waals surface area contributed by atoms with Gasteiger partial charge >= 0.3 is 0 Å². The predicted molar refractivity (Wildman–Crippen MR) is 50.6 cm³/mol. The number of aliphatic imine (C=N–C) groups is 1. The lowest BCUT2D eigenvalue weighted by molar-refractivity contribution is 1.29. The van der Waals surface area contributed by atoms with Gasteiger partial charge in [0.25, 0.3) is 0 Å². The van der Waals surface area contributed by atoms with Gasteiger partial charge < -0.3 is 0 Å². The lowest BCUT2D eigenvalue weighted by atomic mass is 10.3. The molecule has 56 valence electrons. The van der Waals surface area contributed by atoms with Crippen molar-refractivity contribution in [3.63, 3.8) is 0 Å². The minimum absolute atomic E-state index is 0.958. The van der Waals surface area contributed by atoms with E-state index in [9.17, 15) is 0 Å². The fraction of sp³-hybridized carbons (Fsp3) is 0.375. The lowest BCUT2D eigenvalue weighted by Crippen LogP contribution is -1.81. The molecule has 10 heavy (non-hydrogen) atoms. The van der Waals surface area contributed by atoms with Gasteiger partial charge in [-0.3, -0.25) is 4.99 Å². The van der Waals surface area contributed by atoms with Gasteiger partial charge in [0.05, 0.1) is 5.70 Å². The highest BCUT2D eigenvalue weighted by Gasteiger charge is 1.98. The standard InChI is InChI=1S/C8H13NS/c1-6(2)8(10-5)7(3)9-4/h1,4H2,2-3,5H3/b8-7-. The fourth-order valence-electron chi connectivity index (χ4n) is 0.703. The van der Waals surface area contributed by atoms with Crippen molar-refractivity contribution < 1.29 is 0 Å². The largest absolute Gasteiger partial charge is 0.268 e. The molecule has 0 aromatic heterocycles. The van der Waals surface area contributed by atoms with Crippen molar-refractivity contribution in [3.8, 4) is 0 Å². The third-order valence-electron chi connectivity index (χ3n) is 1.16. The fourth-order valence-corrected chi connectivity index (χ4v) is 1.41. The van der Waals surface area contributed by atoms with Crippen molar-refractivity contribution in [2.75, 3.05) is 6.26 Å². The first-order valence-corrected chi connectivity index (χ1v) is 4.23. The number of thioether (sulfide) groups is 1. The summed E-state index contributed by atoms with van der Waals surface area (Å²) >= 11 is 1.66. The van der Waals surface area contributed by atoms with E-state index in [0.717, 1.165) is 16.2 Å². The van der Waals surface area contributed by atoms with Gasteiger partial charge in [0.2, 0.25) is 0 Å². The monoisotopic (exact) mass is 155 g/mol. The molecule has 0 aliphatic rings. The minimum Gasteiger partial charge on any atom is -0.268 e. The van der Waals surface area contributed by atoms with Crippen LogP contribution in [0.2, 0.25) is 0 Å². The van der Waals surface area contributed by atoms with Crippen molar-refractivity contribution in [3.05, 3.63) is 22.8 Å². The van der Waals surface area contributed by atoms with E-state index in [4.69, 9.17) is 0 Å². The Hall–Kier alpha value is -0.500. The number of nitrogens with zero attached hydrogens (tertiary/aromatic N) is 1. The van der Waals surface area contributed by atoms with Crippen molar-refractivity contribution in [2.24, 2.45) is 4.99 Å². The molecule has 0 saturated heterocycles. The van der Waals surface area contributed by atoms with E-state index in [1.54, 1.807) is 11.8 Å². The van der Waals surface area contributed by atoms with E-state index in [0.29, 0.717) is 0 Å². The van der Waals surface area contributed by atoms with Crippen LogP contribution in [0, 0.1) is 0 Å². The molecule has 0 heterocycles. The first-order valence-electron chi connectivity index (χ1n) is 3.01. The van der Waals surface area contributed by atoms with Crippen LogP contribution < -0.4 is 0 Å². The van der Waals surface area contributed by atoms with E-state index < -0.39 is 0 Å². The summed E-state index contributed by atoms with van der Waals surface area (Å²) in [5.74, 6) is 0. The summed E-state index contributed by atoms with van der Waals surface area (Å²) in [5.41, 5.74) is 2.01. The Labute approximate surface area is 66.9 Å². The molecule has 0 aliphatic heterocycles. The van der Waals surface area contributed by atoms with Crippen LogP contribution in [0.3, 0.4) is 0 Å². The smallest absolute Gasteiger partial charge is 0.0503 e. The molecular weight excluding hydrogens is 142 g/mol. The van der Waals surface area contributed by atoms with E-state index in [1.807, 2.05) is 20.1 Å². The molecule has 0 amide bonds. The van der Waals surface area contributed by atoms with Gasteiger partial charge in [0, 0.05) is 4.91 Å². The van der Waals surface area contributed by atoms with Crippen molar-refractivity contribution in [1.82, 2.24) is 0 Å². The van der Waals surface area contributed by atoms with E-state index >= 15 is 0 Å². The second kappa shape index (κ2) is 4.34. The average Bonchev–Trinajstić information content (AvgIpc) is 1.88. The summed E-state index contributed by atoms with van der Waals surface area (Å²) in [6.45, 7) is 11.2. The topological polar surface area (TPSA) is 12.4 Å². The van der Waals surface area contributed by atoms with Gasteiger partial charge in [-0.1, -0.05) is 6.58 Å². The molecule has 0 spiro atoms. The zero-order valence-corrected chi connectivity index (χ0v) is 7.59. The summed E-state index contributed by atoms with van der Waals surface area (Å²) in [6, 6.07) is 0. The van der Waals surface area contributed by atoms with Gasteiger partial charge in [-0.25, -0.2) is 0 Å². The third-order valence-corrected chi connectivity index (χ3v) is 2.21. The van der Waals surface area contributed by atoms with Crippen LogP contribution in [0.1, 0.15) is 13.8 Å². The quantitative estimate of drug-likeness (QED) is 0.451. The molecule has 0 aromatic rings. The summed E-state index contributed by atoms with van der Waals surface area (Å²) < 4.78 is 0. The predicted octanol–water partition coefficient (Wildman–Crippen LogP) is 2.86. The van der Waals surface area contributed by atoms with Gasteiger partial charge in [0.15, 0.2) is 0 Å². The van der Waals surface area contributed by atoms with Gasteiger partial charge in [-0.15, -0.1) is 11.8 Å². The zero-order chi connectivity index (χ0) is 8.15. The third kappa shape index (κ3) is 2.40. The average molecular weight is 155 g/mol. The van der Waals surface area contributed by atoms with E-state index in [-0.39, 0.29) is 0 Å². The number of hydrogen-bond donors (Lipinski definition) is 0. The molecule has 0 radical (unpaired) electrons. The van der Waals surface area contributed by atoms with Crippen LogP contribution in [-0.2, 0) is 0 Å². The first-order chi connectivity index (χ1) is 4.63. The van der Waals surface area contributed by atoms with Gasteiger partial charge in [-0.05, 0) is 32.4 Å². The second-order valence-corrected chi connectivity index (χ2v) is 2.87. The summed E-state index contributed by atoms with van der Waals surface area (Å²) in [4.78, 5) is 4.96. The Balaban J connectivity index is 4.62. The first kappa shape index (κ1) is 9.50. The van der Waals surface area contributed by atoms with Crippen LogP contribution in [0.25, 0.3) is 0 Å². The van der Waals surface area contributed by atoms with Crippen LogP contribution in [0.4, 0.5) is 0 Å². The molecule has 0 bridgehead atoms. The van der Waals surface area contributed by atoms with Crippen LogP contribution in [0.15, 0.2) is 27.7 Å². The van der Waals surface area contributed by atoms with Crippen molar-refractivity contribution >= 4 is 18.5 Å². The Kier molecular flexibility index (Phi) is 4.12. The molecule has 1 nitrogen and oxygen atoms in total. The molecule has 0 saturated carbocycles. The normalized spacial score (nSPS) is 12.3. The second-order valence-electron chi connectivity index (χ2n) is 2.06. The van der Waals surface area contributed by atoms with Gasteiger partial charge in [-0.2, -0.15) is 0 Å². The minimum atomic E-state index is 0.958. The maximum Gasteiger partial charge on any atom is 0.0503 e. The number of allylic oxidation sites excluding steroid dienone is 2. The highest BCUT2D eigenvalue weighted by atomic mass is 32.2. The highest BCUT2D eigenvalue weighted by Crippen LogP contribution is 2.23. The molecular formula is C8H13NS. The highest BCUT2D eigenvalue weighted by molar-refractivity contribution is 8.02. The number of rotatable bonds is 3. The van der Waals surface area contributed by atoms with Crippen molar-refractivity contribution in [2.45, 2.75) is 13.8 Å². The van der Waals surface area contributed by atoms with E-state index in [1.165, 1.54) is 0 Å². The Morgan fingerprint density at radius 2 is 1.90 bits per heavy atom. The molecule has 0 atom stereocenters. The molecule has 0 unspecified atom stereocenters. The van der Waals surface area contributed by atoms with Crippen LogP contribution in [-0.4, -0.2) is 13.0 Å². The summed E-state index contributed by atoms with van der Waals surface area (Å²) in [7, 11) is 0. The van der Waals surface area contributed by atoms with Crippen LogP contribution >= 0.6 is 11.8 Å². The summed E-state index contributed by atoms with van der Waals surface area (Å²) in [5, 5.41) is 0. The molecule has 0 aliphatic carbocycles. The Morgan fingerprint density at radius 3 is 2.00 bits per heavy atom. The Morgan fingerprint density at radius 1 is 1.40 bits per heavy atom. The molecule has 0 rings (SSSR count). The van der Waals surface area contributed by atoms with E-state index in [2.05, 4.69) is 18.3 Å². The Bertz CT molecular complexity index is 180. The zero-order valence-electron chi connectivity index (χ0n) is 6.77. The molecule has 0 aromatic carbocycles. The summed E-state index contributed by atoms with van der Waals surface area (Å²) in [6.07, 6.45) is 2.01. The van der Waals surface area contributed by atoms with Crippen molar-refractivity contribution in [1.29, 1.82) is 0 Å². The lowest BCUT2D eigenvalue weighted by Gasteiger charge is -2.03. The molecule has 0 N–H and O–H groups in total. The molecule has 2 heteroatoms. The maximum absolute atomic E-state index is 3.83. The molecule has 0 fully saturated rings. The number of hydrogen-bond acceptors (Lipinski definition) is 2. The SMILES string of the molecule is C=N/C(C)=C(\SC)C(=C)C.